The lowest BCUT2D eigenvalue weighted by atomic mass is 10.3. The Hall–Kier alpha value is -2.28. The number of hydrogen-bond donors (Lipinski definition) is 3. The normalized spacial score (nSPS) is 9.61. The summed E-state index contributed by atoms with van der Waals surface area (Å²) in [5.41, 5.74) is 0.757. The number of benzene rings is 1. The number of phenols is 1. The van der Waals surface area contributed by atoms with Crippen molar-refractivity contribution in [2.75, 3.05) is 0 Å². The van der Waals surface area contributed by atoms with E-state index in [0.29, 0.717) is 5.16 Å². The quantitative estimate of drug-likeness (QED) is 0.582. The molecule has 0 aliphatic heterocycles. The minimum atomic E-state index is 0.206. The molecule has 0 saturated carbocycles. The first-order valence-corrected chi connectivity index (χ1v) is 5.56. The highest BCUT2D eigenvalue weighted by Gasteiger charge is 2.02. The summed E-state index contributed by atoms with van der Waals surface area (Å²) in [6.45, 7) is 0. The molecule has 0 aliphatic rings. The minimum Gasteiger partial charge on any atom is -0.508 e. The third kappa shape index (κ3) is 3.11. The van der Waals surface area contributed by atoms with E-state index in [0.717, 1.165) is 5.69 Å². The first kappa shape index (κ1) is 12.2. The van der Waals surface area contributed by atoms with E-state index in [4.69, 9.17) is 5.11 Å². The van der Waals surface area contributed by atoms with Crippen molar-refractivity contribution < 1.29 is 5.11 Å². The van der Waals surface area contributed by atoms with Crippen LogP contribution in [0.2, 0.25) is 0 Å². The molecule has 0 atom stereocenters. The lowest BCUT2D eigenvalue weighted by Gasteiger charge is -1.99. The molecule has 7 heteroatoms. The third-order valence-electron chi connectivity index (χ3n) is 2.04. The Balaban J connectivity index is 0.000000202. The molecule has 1 aromatic carbocycles. The number of aromatic amines is 1. The van der Waals surface area contributed by atoms with E-state index in [2.05, 4.69) is 33.1 Å². The van der Waals surface area contributed by atoms with Gasteiger partial charge < -0.3 is 10.1 Å². The van der Waals surface area contributed by atoms with Gasteiger partial charge in [-0.1, -0.05) is 0 Å². The molecule has 6 nitrogen and oxygen atoms in total. The van der Waals surface area contributed by atoms with E-state index in [-0.39, 0.29) is 5.75 Å². The topological polar surface area (TPSA) is 79.6 Å². The maximum atomic E-state index is 9.04. The van der Waals surface area contributed by atoms with E-state index in [1.807, 2.05) is 24.5 Å². The van der Waals surface area contributed by atoms with Crippen molar-refractivity contribution in [2.24, 2.45) is 0 Å². The molecule has 0 fully saturated rings. The Morgan fingerprint density at radius 3 is 2.22 bits per heavy atom. The number of hydrogen-bond acceptors (Lipinski definition) is 5. The molecule has 2 aromatic heterocycles. The molecule has 0 amide bonds. The van der Waals surface area contributed by atoms with E-state index in [1.165, 1.54) is 4.68 Å². The molecule has 3 aromatic rings. The zero-order chi connectivity index (χ0) is 12.8. The summed E-state index contributed by atoms with van der Waals surface area (Å²) < 4.78 is 1.46. The second kappa shape index (κ2) is 5.87. The Kier molecular flexibility index (Phi) is 3.98. The molecule has 0 unspecified atom stereocenters. The fourth-order valence-electron chi connectivity index (χ4n) is 1.22. The predicted octanol–water partition coefficient (Wildman–Crippen LogP) is 1.67. The fraction of sp³-hybridized carbons (Fsp3) is 0. The van der Waals surface area contributed by atoms with Crippen molar-refractivity contribution in [1.82, 2.24) is 25.2 Å². The van der Waals surface area contributed by atoms with Crippen LogP contribution in [0.4, 0.5) is 0 Å². The number of nitrogens with zero attached hydrogens (tertiary/aromatic N) is 4. The van der Waals surface area contributed by atoms with Gasteiger partial charge in [-0.15, -0.1) is 17.7 Å². The number of phenolic OH excluding ortho intramolecular Hbond substituents is 1. The minimum absolute atomic E-state index is 0.206. The van der Waals surface area contributed by atoms with Crippen LogP contribution < -0.4 is 0 Å². The molecular formula is C11H11N5OS. The van der Waals surface area contributed by atoms with Crippen LogP contribution in [0.15, 0.2) is 53.9 Å². The number of aromatic nitrogens is 5. The van der Waals surface area contributed by atoms with Crippen molar-refractivity contribution in [3.8, 4) is 11.4 Å². The van der Waals surface area contributed by atoms with Gasteiger partial charge in [0.15, 0.2) is 0 Å². The van der Waals surface area contributed by atoms with Gasteiger partial charge >= 0.3 is 0 Å². The van der Waals surface area contributed by atoms with Gasteiger partial charge in [-0.2, -0.15) is 4.68 Å². The van der Waals surface area contributed by atoms with Crippen LogP contribution in [0.1, 0.15) is 0 Å². The summed E-state index contributed by atoms with van der Waals surface area (Å²) in [6.07, 6.45) is 3.75. The van der Waals surface area contributed by atoms with Gasteiger partial charge in [0.25, 0.3) is 0 Å². The highest BCUT2D eigenvalue weighted by atomic mass is 32.1. The molecule has 92 valence electrons. The number of thiol groups is 1. The van der Waals surface area contributed by atoms with Crippen molar-refractivity contribution in [2.45, 2.75) is 5.16 Å². The van der Waals surface area contributed by atoms with Gasteiger partial charge in [0.1, 0.15) is 5.75 Å². The summed E-state index contributed by atoms with van der Waals surface area (Å²) in [6, 6.07) is 10.4. The molecule has 0 saturated heterocycles. The Labute approximate surface area is 109 Å². The lowest BCUT2D eigenvalue weighted by Crippen LogP contribution is -1.96. The number of aromatic hydroxyl groups is 1. The van der Waals surface area contributed by atoms with Gasteiger partial charge in [-0.05, 0) is 46.8 Å². The first-order chi connectivity index (χ1) is 8.77. The molecule has 2 N–H and O–H groups in total. The van der Waals surface area contributed by atoms with Crippen molar-refractivity contribution in [3.63, 3.8) is 0 Å². The average Bonchev–Trinajstić information content (AvgIpc) is 3.04. The average molecular weight is 261 g/mol. The van der Waals surface area contributed by atoms with Crippen LogP contribution >= 0.6 is 12.6 Å². The third-order valence-corrected chi connectivity index (χ3v) is 2.32. The van der Waals surface area contributed by atoms with Crippen LogP contribution in [0.25, 0.3) is 5.69 Å². The number of rotatable bonds is 1. The number of tetrazole rings is 1. The monoisotopic (exact) mass is 261 g/mol. The van der Waals surface area contributed by atoms with E-state index in [9.17, 15) is 0 Å². The SMILES string of the molecule is Oc1ccc(-n2nnnc2S)cc1.c1cc[nH]c1. The van der Waals surface area contributed by atoms with Crippen LogP contribution in [0, 0.1) is 0 Å². The van der Waals surface area contributed by atoms with Gasteiger partial charge in [-0.3, -0.25) is 0 Å². The van der Waals surface area contributed by atoms with Gasteiger partial charge in [0.05, 0.1) is 5.69 Å². The zero-order valence-electron chi connectivity index (χ0n) is 9.30. The second-order valence-electron chi connectivity index (χ2n) is 3.29. The molecule has 0 aliphatic carbocycles. The smallest absolute Gasteiger partial charge is 0.211 e. The number of H-pyrrole nitrogens is 1. The maximum Gasteiger partial charge on any atom is 0.211 e. The molecule has 3 rings (SSSR count). The van der Waals surface area contributed by atoms with Crippen LogP contribution in [-0.2, 0) is 0 Å². The van der Waals surface area contributed by atoms with Crippen LogP contribution in [-0.4, -0.2) is 30.3 Å². The summed E-state index contributed by atoms with van der Waals surface area (Å²) in [4.78, 5) is 2.86. The standard InChI is InChI=1S/C7H6N4OS.C4H5N/c12-6-3-1-5(2-4-6)11-7(13)8-9-10-11;1-2-4-5-3-1/h1-4,12H,(H,8,10,13);1-5H. The summed E-state index contributed by atoms with van der Waals surface area (Å²) in [7, 11) is 0. The predicted molar refractivity (Wildman–Crippen MR) is 68.9 cm³/mol. The van der Waals surface area contributed by atoms with Gasteiger partial charge in [-0.25, -0.2) is 0 Å². The fourth-order valence-corrected chi connectivity index (χ4v) is 1.42. The summed E-state index contributed by atoms with van der Waals surface area (Å²) >= 11 is 4.05. The van der Waals surface area contributed by atoms with E-state index < -0.39 is 0 Å². The zero-order valence-corrected chi connectivity index (χ0v) is 10.2. The van der Waals surface area contributed by atoms with Crippen molar-refractivity contribution >= 4 is 12.6 Å². The molecule has 0 spiro atoms. The highest BCUT2D eigenvalue weighted by molar-refractivity contribution is 7.80. The van der Waals surface area contributed by atoms with E-state index in [1.54, 1.807) is 24.3 Å². The molecule has 0 radical (unpaired) electrons. The Morgan fingerprint density at radius 1 is 1.11 bits per heavy atom. The number of nitrogens with one attached hydrogen (secondary N) is 1. The van der Waals surface area contributed by atoms with E-state index >= 15 is 0 Å². The highest BCUT2D eigenvalue weighted by Crippen LogP contribution is 2.14. The summed E-state index contributed by atoms with van der Waals surface area (Å²) in [5.74, 6) is 0.206. The van der Waals surface area contributed by atoms with Crippen molar-refractivity contribution in [1.29, 1.82) is 0 Å². The summed E-state index contributed by atoms with van der Waals surface area (Å²) in [5, 5.41) is 20.2. The van der Waals surface area contributed by atoms with Crippen LogP contribution in [0.5, 0.6) is 5.75 Å². The maximum absolute atomic E-state index is 9.04. The Morgan fingerprint density at radius 2 is 1.78 bits per heavy atom. The lowest BCUT2D eigenvalue weighted by molar-refractivity contribution is 0.475. The molecular weight excluding hydrogens is 250 g/mol. The molecule has 0 bridgehead atoms. The van der Waals surface area contributed by atoms with Crippen molar-refractivity contribution in [3.05, 3.63) is 48.8 Å². The van der Waals surface area contributed by atoms with Gasteiger partial charge in [0.2, 0.25) is 5.16 Å². The molecule has 2 heterocycles. The first-order valence-electron chi connectivity index (χ1n) is 5.12. The molecule has 18 heavy (non-hydrogen) atoms. The van der Waals surface area contributed by atoms with Crippen LogP contribution in [0.3, 0.4) is 0 Å². The van der Waals surface area contributed by atoms with Gasteiger partial charge in [0, 0.05) is 12.4 Å². The second-order valence-corrected chi connectivity index (χ2v) is 3.69. The largest absolute Gasteiger partial charge is 0.508 e. The Bertz CT molecular complexity index is 559.